The molecule has 6 heteroatoms. The van der Waals surface area contributed by atoms with Crippen LogP contribution < -0.4 is 23.9 Å². The fraction of sp³-hybridized carbons (Fsp3) is 0.222. The van der Waals surface area contributed by atoms with Crippen LogP contribution in [0.4, 0.5) is 0 Å². The van der Waals surface area contributed by atoms with Crippen molar-refractivity contribution in [2.75, 3.05) is 13.9 Å². The molecule has 0 saturated heterocycles. The van der Waals surface area contributed by atoms with E-state index in [0.29, 0.717) is 11.1 Å². The number of ether oxygens (including phenoxy) is 3. The molecule has 0 aliphatic carbocycles. The molecular weight excluding hydrogens is 438 g/mol. The van der Waals surface area contributed by atoms with Crippen molar-refractivity contribution in [2.45, 2.75) is 25.8 Å². The van der Waals surface area contributed by atoms with Crippen LogP contribution in [0, 0.1) is 0 Å². The van der Waals surface area contributed by atoms with Crippen molar-refractivity contribution in [2.24, 2.45) is 0 Å². The lowest BCUT2D eigenvalue weighted by atomic mass is 9.89. The van der Waals surface area contributed by atoms with Crippen molar-refractivity contribution in [3.05, 3.63) is 76.4 Å². The molecule has 0 spiro atoms. The van der Waals surface area contributed by atoms with Crippen LogP contribution in [-0.4, -0.2) is 13.9 Å². The fourth-order valence-electron chi connectivity index (χ4n) is 4.97. The van der Waals surface area contributed by atoms with Crippen LogP contribution in [0.3, 0.4) is 0 Å². The van der Waals surface area contributed by atoms with Crippen molar-refractivity contribution < 1.29 is 23.9 Å². The van der Waals surface area contributed by atoms with Gasteiger partial charge in [0.05, 0.1) is 12.7 Å². The molecule has 0 radical (unpaired) electrons. The van der Waals surface area contributed by atoms with Crippen molar-refractivity contribution in [3.8, 4) is 34.3 Å². The lowest BCUT2D eigenvalue weighted by molar-refractivity contribution is -0.686. The molecule has 2 aliphatic heterocycles. The minimum absolute atomic E-state index is 0.0745. The first-order valence-electron chi connectivity index (χ1n) is 11.0. The van der Waals surface area contributed by atoms with Crippen LogP contribution >= 0.6 is 11.6 Å². The molecule has 0 saturated carbocycles. The first-order chi connectivity index (χ1) is 16.1. The van der Waals surface area contributed by atoms with Gasteiger partial charge in [0.15, 0.2) is 24.2 Å². The van der Waals surface area contributed by atoms with Crippen molar-refractivity contribution in [1.82, 2.24) is 0 Å². The topological polar surface area (TPSA) is 54.6 Å². The van der Waals surface area contributed by atoms with Gasteiger partial charge in [-0.05, 0) is 65.8 Å². The molecule has 166 valence electrons. The number of aryl methyl sites for hydroxylation is 4. The third-order valence-electron chi connectivity index (χ3n) is 6.62. The molecule has 0 fully saturated rings. The Kier molecular flexibility index (Phi) is 4.80. The van der Waals surface area contributed by atoms with Crippen LogP contribution in [-0.2, 0) is 25.8 Å². The predicted octanol–water partition coefficient (Wildman–Crippen LogP) is 4.60. The van der Waals surface area contributed by atoms with E-state index in [1.54, 1.807) is 6.07 Å². The van der Waals surface area contributed by atoms with Gasteiger partial charge in [0, 0.05) is 22.4 Å². The average Bonchev–Trinajstić information content (AvgIpc) is 3.29. The molecule has 3 heterocycles. The lowest BCUT2D eigenvalue weighted by Crippen LogP contribution is -2.41. The maximum Gasteiger partial charge on any atom is 0.231 e. The molecule has 33 heavy (non-hydrogen) atoms. The summed E-state index contributed by atoms with van der Waals surface area (Å²) >= 11 is 6.08. The molecule has 2 aliphatic rings. The SMILES string of the molecule is COc1ccc2c(CCc3ccc(Cl)cc3)c3[n+](cc2c1[O-])CCc1cc2c(cc1-3)OCO2. The number of hydrogen-bond acceptors (Lipinski definition) is 4. The van der Waals surface area contributed by atoms with E-state index in [4.69, 9.17) is 25.8 Å². The Morgan fingerprint density at radius 3 is 2.58 bits per heavy atom. The van der Waals surface area contributed by atoms with Crippen molar-refractivity contribution in [3.63, 3.8) is 0 Å². The Balaban J connectivity index is 1.56. The van der Waals surface area contributed by atoms with Gasteiger partial charge >= 0.3 is 0 Å². The third kappa shape index (κ3) is 3.35. The second kappa shape index (κ2) is 7.85. The number of aromatic nitrogens is 1. The highest BCUT2D eigenvalue weighted by Crippen LogP contribution is 2.43. The van der Waals surface area contributed by atoms with Gasteiger partial charge in [0.2, 0.25) is 12.5 Å². The normalized spacial score (nSPS) is 13.6. The van der Waals surface area contributed by atoms with E-state index >= 15 is 0 Å². The summed E-state index contributed by atoms with van der Waals surface area (Å²) in [5.41, 5.74) is 5.87. The monoisotopic (exact) mass is 459 g/mol. The zero-order chi connectivity index (χ0) is 22.5. The molecule has 0 unspecified atom stereocenters. The summed E-state index contributed by atoms with van der Waals surface area (Å²) in [4.78, 5) is 0. The minimum Gasteiger partial charge on any atom is -0.869 e. The van der Waals surface area contributed by atoms with Gasteiger partial charge in [-0.3, -0.25) is 0 Å². The number of hydrogen-bond donors (Lipinski definition) is 0. The third-order valence-corrected chi connectivity index (χ3v) is 6.87. The highest BCUT2D eigenvalue weighted by Gasteiger charge is 2.31. The number of nitrogens with zero attached hydrogens (tertiary/aromatic N) is 1. The van der Waals surface area contributed by atoms with Crippen LogP contribution in [0.15, 0.2) is 54.7 Å². The Hall–Kier alpha value is -3.44. The fourth-order valence-corrected chi connectivity index (χ4v) is 5.10. The Morgan fingerprint density at radius 1 is 1.00 bits per heavy atom. The van der Waals surface area contributed by atoms with Crippen LogP contribution in [0.25, 0.3) is 22.0 Å². The van der Waals surface area contributed by atoms with E-state index in [-0.39, 0.29) is 12.5 Å². The van der Waals surface area contributed by atoms with E-state index in [2.05, 4.69) is 28.8 Å². The summed E-state index contributed by atoms with van der Waals surface area (Å²) in [7, 11) is 1.54. The quantitative estimate of drug-likeness (QED) is 0.418. The summed E-state index contributed by atoms with van der Waals surface area (Å²) in [5, 5.41) is 15.5. The van der Waals surface area contributed by atoms with Gasteiger partial charge in [-0.15, -0.1) is 0 Å². The highest BCUT2D eigenvalue weighted by atomic mass is 35.5. The smallest absolute Gasteiger partial charge is 0.231 e. The summed E-state index contributed by atoms with van der Waals surface area (Å²) < 4.78 is 18.8. The van der Waals surface area contributed by atoms with Crippen LogP contribution in [0.2, 0.25) is 5.02 Å². The first kappa shape index (κ1) is 20.2. The molecule has 4 aromatic rings. The van der Waals surface area contributed by atoms with Gasteiger partial charge in [0.25, 0.3) is 0 Å². The largest absolute Gasteiger partial charge is 0.869 e. The second-order valence-corrected chi connectivity index (χ2v) is 8.88. The van der Waals surface area contributed by atoms with Crippen LogP contribution in [0.5, 0.6) is 23.0 Å². The second-order valence-electron chi connectivity index (χ2n) is 8.45. The average molecular weight is 460 g/mol. The Bertz CT molecular complexity index is 1400. The van der Waals surface area contributed by atoms with E-state index in [1.165, 1.54) is 18.2 Å². The van der Waals surface area contributed by atoms with Gasteiger partial charge < -0.3 is 19.3 Å². The van der Waals surface area contributed by atoms with E-state index < -0.39 is 0 Å². The van der Waals surface area contributed by atoms with Gasteiger partial charge in [0.1, 0.15) is 5.75 Å². The van der Waals surface area contributed by atoms with E-state index in [1.807, 2.05) is 24.4 Å². The maximum atomic E-state index is 13.1. The maximum absolute atomic E-state index is 13.1. The summed E-state index contributed by atoms with van der Waals surface area (Å²) in [5.74, 6) is 1.86. The lowest BCUT2D eigenvalue weighted by Gasteiger charge is -2.22. The molecule has 3 aromatic carbocycles. The number of pyridine rings is 1. The predicted molar refractivity (Wildman–Crippen MR) is 124 cm³/mol. The molecule has 0 amide bonds. The van der Waals surface area contributed by atoms with Gasteiger partial charge in [-0.1, -0.05) is 29.5 Å². The Labute approximate surface area is 196 Å². The molecule has 0 atom stereocenters. The minimum atomic E-state index is -0.0745. The van der Waals surface area contributed by atoms with E-state index in [9.17, 15) is 5.11 Å². The molecule has 1 aromatic heterocycles. The van der Waals surface area contributed by atoms with Gasteiger partial charge in [-0.2, -0.15) is 4.57 Å². The number of halogens is 1. The van der Waals surface area contributed by atoms with Gasteiger partial charge in [-0.25, -0.2) is 0 Å². The molecule has 0 N–H and O–H groups in total. The molecule has 6 rings (SSSR count). The summed E-state index contributed by atoms with van der Waals surface area (Å²) in [6, 6.07) is 15.9. The molecule has 0 bridgehead atoms. The zero-order valence-electron chi connectivity index (χ0n) is 18.2. The number of benzene rings is 3. The molecule has 5 nitrogen and oxygen atoms in total. The standard InChI is InChI=1S/C27H22ClNO4/c1-31-23-9-8-19-20(7-4-16-2-5-18(28)6-3-16)26-21-13-25-24(32-15-33-25)12-17(21)10-11-29(26)14-22(19)27(23)30/h2-3,5-6,8-9,12-14H,4,7,10-11,15H2,1H3. The number of methoxy groups -OCH3 is 1. The van der Waals surface area contributed by atoms with Crippen LogP contribution in [0.1, 0.15) is 16.7 Å². The Morgan fingerprint density at radius 2 is 1.79 bits per heavy atom. The summed E-state index contributed by atoms with van der Waals surface area (Å²) in [6.45, 7) is 1.04. The first-order valence-corrected chi connectivity index (χ1v) is 11.4. The van der Waals surface area contributed by atoms with Crippen molar-refractivity contribution in [1.29, 1.82) is 0 Å². The highest BCUT2D eigenvalue weighted by molar-refractivity contribution is 6.30. The number of fused-ring (bicyclic) bond motifs is 5. The summed E-state index contributed by atoms with van der Waals surface area (Å²) in [6.07, 6.45) is 4.47. The van der Waals surface area contributed by atoms with Crippen molar-refractivity contribution >= 4 is 22.4 Å². The zero-order valence-corrected chi connectivity index (χ0v) is 18.9. The van der Waals surface area contributed by atoms with E-state index in [0.717, 1.165) is 64.5 Å². The number of rotatable bonds is 4. The molecular formula is C27H22ClNO4.